The minimum atomic E-state index is -0.251. The van der Waals surface area contributed by atoms with Gasteiger partial charge in [0, 0.05) is 0 Å². The molecule has 4 heteroatoms. The van der Waals surface area contributed by atoms with E-state index in [0.717, 1.165) is 6.54 Å². The molecule has 0 aromatic rings. The van der Waals surface area contributed by atoms with E-state index in [9.17, 15) is 4.79 Å². The van der Waals surface area contributed by atoms with E-state index in [-0.39, 0.29) is 11.6 Å². The summed E-state index contributed by atoms with van der Waals surface area (Å²) in [5, 5.41) is 3.18. The standard InChI is InChI=1S/C13H21N3O/c1-13(2)14-11-12(17)16(13)10-6-5-9-15-7-3-4-8-15/h14H,3-4,7-11H2,1-2H3. The lowest BCUT2D eigenvalue weighted by atomic mass is 10.2. The van der Waals surface area contributed by atoms with E-state index >= 15 is 0 Å². The molecule has 0 aromatic heterocycles. The first kappa shape index (κ1) is 12.4. The van der Waals surface area contributed by atoms with Crippen molar-refractivity contribution < 1.29 is 4.79 Å². The zero-order valence-electron chi connectivity index (χ0n) is 10.8. The SMILES string of the molecule is CC1(C)NCC(=O)N1CC#CCN1CCCC1. The predicted octanol–water partition coefficient (Wildman–Crippen LogP) is 0.254. The molecule has 0 bridgehead atoms. The Kier molecular flexibility index (Phi) is 3.70. The number of likely N-dealkylation sites (tertiary alicyclic amines) is 1. The topological polar surface area (TPSA) is 35.6 Å². The van der Waals surface area contributed by atoms with Crippen molar-refractivity contribution in [1.82, 2.24) is 15.1 Å². The molecular weight excluding hydrogens is 214 g/mol. The first-order valence-corrected chi connectivity index (χ1v) is 6.33. The molecule has 4 nitrogen and oxygen atoms in total. The van der Waals surface area contributed by atoms with Gasteiger partial charge in [0.1, 0.15) is 0 Å². The average Bonchev–Trinajstić information content (AvgIpc) is 2.86. The fraction of sp³-hybridized carbons (Fsp3) is 0.769. The number of nitrogens with one attached hydrogen (secondary N) is 1. The van der Waals surface area contributed by atoms with Gasteiger partial charge in [0.2, 0.25) is 5.91 Å². The van der Waals surface area contributed by atoms with Gasteiger partial charge in [-0.15, -0.1) is 0 Å². The van der Waals surface area contributed by atoms with Gasteiger partial charge >= 0.3 is 0 Å². The third kappa shape index (κ3) is 2.99. The summed E-state index contributed by atoms with van der Waals surface area (Å²) in [4.78, 5) is 15.8. The second-order valence-electron chi connectivity index (χ2n) is 5.23. The Morgan fingerprint density at radius 3 is 2.47 bits per heavy atom. The van der Waals surface area contributed by atoms with Crippen LogP contribution in [0.1, 0.15) is 26.7 Å². The third-order valence-corrected chi connectivity index (χ3v) is 3.51. The van der Waals surface area contributed by atoms with Crippen LogP contribution in [-0.4, -0.2) is 54.1 Å². The first-order valence-electron chi connectivity index (χ1n) is 6.33. The van der Waals surface area contributed by atoms with E-state index in [1.807, 2.05) is 18.7 Å². The molecular formula is C13H21N3O. The van der Waals surface area contributed by atoms with Crippen LogP contribution < -0.4 is 5.32 Å². The Balaban J connectivity index is 1.80. The second kappa shape index (κ2) is 5.07. The molecule has 0 spiro atoms. The summed E-state index contributed by atoms with van der Waals surface area (Å²) in [6, 6.07) is 0. The molecule has 2 aliphatic heterocycles. The highest BCUT2D eigenvalue weighted by atomic mass is 16.2. The number of amides is 1. The van der Waals surface area contributed by atoms with Crippen LogP contribution in [-0.2, 0) is 4.79 Å². The number of nitrogens with zero attached hydrogens (tertiary/aromatic N) is 2. The molecule has 0 atom stereocenters. The smallest absolute Gasteiger partial charge is 0.238 e. The van der Waals surface area contributed by atoms with Crippen LogP contribution in [0, 0.1) is 11.8 Å². The van der Waals surface area contributed by atoms with Crippen molar-refractivity contribution in [3.8, 4) is 11.8 Å². The van der Waals surface area contributed by atoms with Crippen LogP contribution in [0.25, 0.3) is 0 Å². The Labute approximate surface area is 103 Å². The van der Waals surface area contributed by atoms with Gasteiger partial charge in [-0.1, -0.05) is 11.8 Å². The fourth-order valence-corrected chi connectivity index (χ4v) is 2.32. The summed E-state index contributed by atoms with van der Waals surface area (Å²) in [5.74, 6) is 6.42. The van der Waals surface area contributed by atoms with Crippen molar-refractivity contribution in [1.29, 1.82) is 0 Å². The summed E-state index contributed by atoms with van der Waals surface area (Å²) < 4.78 is 0. The van der Waals surface area contributed by atoms with Crippen molar-refractivity contribution in [3.63, 3.8) is 0 Å². The molecule has 0 aliphatic carbocycles. The number of carbonyl (C=O) groups is 1. The minimum absolute atomic E-state index is 0.144. The molecule has 17 heavy (non-hydrogen) atoms. The molecule has 2 rings (SSSR count). The molecule has 2 fully saturated rings. The van der Waals surface area contributed by atoms with Crippen molar-refractivity contribution in [2.24, 2.45) is 0 Å². The summed E-state index contributed by atoms with van der Waals surface area (Å²) in [6.07, 6.45) is 2.59. The summed E-state index contributed by atoms with van der Waals surface area (Å²) >= 11 is 0. The van der Waals surface area contributed by atoms with E-state index in [1.165, 1.54) is 25.9 Å². The van der Waals surface area contributed by atoms with Gasteiger partial charge in [0.25, 0.3) is 0 Å². The Bertz CT molecular complexity index is 347. The van der Waals surface area contributed by atoms with Gasteiger partial charge in [0.15, 0.2) is 0 Å². The van der Waals surface area contributed by atoms with Crippen molar-refractivity contribution in [3.05, 3.63) is 0 Å². The molecule has 94 valence electrons. The molecule has 2 heterocycles. The van der Waals surface area contributed by atoms with Gasteiger partial charge in [-0.05, 0) is 39.8 Å². The summed E-state index contributed by atoms with van der Waals surface area (Å²) in [5.41, 5.74) is -0.251. The summed E-state index contributed by atoms with van der Waals surface area (Å²) in [7, 11) is 0. The number of hydrogen-bond donors (Lipinski definition) is 1. The fourth-order valence-electron chi connectivity index (χ4n) is 2.32. The molecule has 0 unspecified atom stereocenters. The third-order valence-electron chi connectivity index (χ3n) is 3.51. The first-order chi connectivity index (χ1) is 8.09. The maximum absolute atomic E-state index is 11.6. The van der Waals surface area contributed by atoms with Crippen LogP contribution in [0.2, 0.25) is 0 Å². The number of rotatable bonds is 2. The second-order valence-corrected chi connectivity index (χ2v) is 5.23. The van der Waals surface area contributed by atoms with Crippen molar-refractivity contribution in [2.75, 3.05) is 32.7 Å². The van der Waals surface area contributed by atoms with Crippen molar-refractivity contribution >= 4 is 5.91 Å². The zero-order chi connectivity index (χ0) is 12.3. The van der Waals surface area contributed by atoms with Gasteiger partial charge in [-0.25, -0.2) is 0 Å². The zero-order valence-corrected chi connectivity index (χ0v) is 10.8. The van der Waals surface area contributed by atoms with E-state index in [2.05, 4.69) is 22.1 Å². The highest BCUT2D eigenvalue weighted by molar-refractivity contribution is 5.81. The van der Waals surface area contributed by atoms with Crippen molar-refractivity contribution in [2.45, 2.75) is 32.4 Å². The van der Waals surface area contributed by atoms with E-state index in [1.54, 1.807) is 0 Å². The summed E-state index contributed by atoms with van der Waals surface area (Å²) in [6.45, 7) is 8.18. The molecule has 0 aromatic carbocycles. The van der Waals surface area contributed by atoms with E-state index in [4.69, 9.17) is 0 Å². The predicted molar refractivity (Wildman–Crippen MR) is 67.2 cm³/mol. The molecule has 1 N–H and O–H groups in total. The van der Waals surface area contributed by atoms with Crippen LogP contribution in [0.4, 0.5) is 0 Å². The van der Waals surface area contributed by atoms with E-state index in [0.29, 0.717) is 13.1 Å². The molecule has 0 saturated carbocycles. The minimum Gasteiger partial charge on any atom is -0.313 e. The molecule has 0 radical (unpaired) electrons. The molecule has 1 amide bonds. The van der Waals surface area contributed by atoms with Crippen LogP contribution in [0.5, 0.6) is 0 Å². The van der Waals surface area contributed by atoms with Gasteiger partial charge < -0.3 is 4.90 Å². The Morgan fingerprint density at radius 2 is 1.88 bits per heavy atom. The van der Waals surface area contributed by atoms with Crippen LogP contribution in [0.15, 0.2) is 0 Å². The van der Waals surface area contributed by atoms with Gasteiger partial charge in [-0.3, -0.25) is 15.0 Å². The van der Waals surface area contributed by atoms with Crippen LogP contribution >= 0.6 is 0 Å². The quantitative estimate of drug-likeness (QED) is 0.697. The van der Waals surface area contributed by atoms with Gasteiger partial charge in [-0.2, -0.15) is 0 Å². The lowest BCUT2D eigenvalue weighted by molar-refractivity contribution is -0.128. The maximum atomic E-state index is 11.6. The largest absolute Gasteiger partial charge is 0.313 e. The van der Waals surface area contributed by atoms with Crippen LogP contribution in [0.3, 0.4) is 0 Å². The van der Waals surface area contributed by atoms with Gasteiger partial charge in [0.05, 0.1) is 25.3 Å². The normalized spacial score (nSPS) is 23.9. The maximum Gasteiger partial charge on any atom is 0.238 e. The highest BCUT2D eigenvalue weighted by Gasteiger charge is 2.36. The molecule has 2 saturated heterocycles. The Morgan fingerprint density at radius 1 is 1.24 bits per heavy atom. The number of hydrogen-bond acceptors (Lipinski definition) is 3. The lowest BCUT2D eigenvalue weighted by Gasteiger charge is -2.29. The highest BCUT2D eigenvalue weighted by Crippen LogP contribution is 2.15. The number of carbonyl (C=O) groups excluding carboxylic acids is 1. The van der Waals surface area contributed by atoms with E-state index < -0.39 is 0 Å². The average molecular weight is 235 g/mol. The lowest BCUT2D eigenvalue weighted by Crippen LogP contribution is -2.47. The molecule has 2 aliphatic rings. The monoisotopic (exact) mass is 235 g/mol. The Hall–Kier alpha value is -1.05.